The van der Waals surface area contributed by atoms with E-state index in [4.69, 9.17) is 4.42 Å². The van der Waals surface area contributed by atoms with Crippen molar-refractivity contribution in [3.63, 3.8) is 0 Å². The number of carbonyl (C=O) groups excluding carboxylic acids is 1. The third kappa shape index (κ3) is 2.61. The van der Waals surface area contributed by atoms with Gasteiger partial charge < -0.3 is 4.42 Å². The molecule has 2 aromatic rings. The highest BCUT2D eigenvalue weighted by atomic mass is 32.3. The van der Waals surface area contributed by atoms with Crippen molar-refractivity contribution >= 4 is 22.1 Å². The second-order valence-electron chi connectivity index (χ2n) is 4.44. The number of hydrogen-bond acceptors (Lipinski definition) is 7. The van der Waals surface area contributed by atoms with Gasteiger partial charge in [-0.1, -0.05) is 5.10 Å². The fraction of sp³-hybridized carbons (Fsp3) is 0.273. The summed E-state index contributed by atoms with van der Waals surface area (Å²) >= 11 is 0. The van der Waals surface area contributed by atoms with Crippen LogP contribution in [-0.2, 0) is 15.0 Å². The highest BCUT2D eigenvalue weighted by Crippen LogP contribution is 2.27. The highest BCUT2D eigenvalue weighted by molar-refractivity contribution is 7.87. The molecule has 3 heterocycles. The van der Waals surface area contributed by atoms with E-state index in [1.165, 1.54) is 6.20 Å². The van der Waals surface area contributed by atoms with E-state index in [-0.39, 0.29) is 18.5 Å². The van der Waals surface area contributed by atoms with E-state index in [2.05, 4.69) is 15.2 Å². The fourth-order valence-corrected chi connectivity index (χ4v) is 2.65. The molecule has 1 atom stereocenters. The van der Waals surface area contributed by atoms with Crippen LogP contribution in [0.25, 0.3) is 11.5 Å². The number of carbonyl (C=O) groups is 1. The van der Waals surface area contributed by atoms with Gasteiger partial charge in [0.05, 0.1) is 12.1 Å². The number of hydrogen-bond donors (Lipinski definition) is 0. The molecule has 0 spiro atoms. The van der Waals surface area contributed by atoms with Crippen molar-refractivity contribution in [1.29, 1.82) is 0 Å². The first-order chi connectivity index (χ1) is 9.95. The van der Waals surface area contributed by atoms with Crippen LogP contribution >= 0.6 is 0 Å². The monoisotopic (exact) mass is 312 g/mol. The minimum absolute atomic E-state index is 0.137. The Bertz CT molecular complexity index is 777. The lowest BCUT2D eigenvalue weighted by Gasteiger charge is -2.09. The number of pyridine rings is 1. The van der Waals surface area contributed by atoms with Gasteiger partial charge in [-0.2, -0.15) is 8.42 Å². The minimum Gasteiger partial charge on any atom is -0.403 e. The zero-order valence-electron chi connectivity index (χ0n) is 10.5. The van der Waals surface area contributed by atoms with Crippen molar-refractivity contribution in [2.45, 2.75) is 11.7 Å². The lowest BCUT2D eigenvalue weighted by atomic mass is 10.3. The molecule has 0 aliphatic carbocycles. The maximum Gasteiger partial charge on any atom is 0.325 e. The molecular formula is C11H9FN4O4S. The van der Waals surface area contributed by atoms with Crippen LogP contribution in [0.2, 0.25) is 0 Å². The van der Waals surface area contributed by atoms with Gasteiger partial charge in [0.25, 0.3) is 5.89 Å². The first-order valence-electron chi connectivity index (χ1n) is 5.93. The van der Waals surface area contributed by atoms with Gasteiger partial charge in [-0.05, 0) is 12.1 Å². The Morgan fingerprint density at radius 3 is 2.81 bits per heavy atom. The van der Waals surface area contributed by atoms with E-state index in [0.717, 1.165) is 4.90 Å². The van der Waals surface area contributed by atoms with Crippen molar-refractivity contribution in [2.75, 3.05) is 11.4 Å². The summed E-state index contributed by atoms with van der Waals surface area (Å²) in [6.07, 6.45) is 2.63. The molecule has 3 rings (SSSR count). The summed E-state index contributed by atoms with van der Waals surface area (Å²) in [7, 11) is -4.78. The standard InChI is InChI=1S/C11H9FN4O4S/c12-21(18,19)8-4-9(17)16(6-8)11-15-14-10(20-11)7-2-1-3-13-5-7/h1-3,5,8H,4,6H2. The van der Waals surface area contributed by atoms with Crippen molar-refractivity contribution in [1.82, 2.24) is 15.2 Å². The molecule has 1 aliphatic rings. The summed E-state index contributed by atoms with van der Waals surface area (Å²) in [5.74, 6) is -0.444. The Hall–Kier alpha value is -2.36. The lowest BCUT2D eigenvalue weighted by molar-refractivity contribution is -0.117. The molecule has 0 bridgehead atoms. The Kier molecular flexibility index (Phi) is 3.16. The van der Waals surface area contributed by atoms with Gasteiger partial charge in [0.2, 0.25) is 5.91 Å². The largest absolute Gasteiger partial charge is 0.403 e. The molecule has 110 valence electrons. The molecule has 1 fully saturated rings. The normalized spacial score (nSPS) is 19.2. The molecule has 1 amide bonds. The fourth-order valence-electron chi connectivity index (χ4n) is 1.98. The first-order valence-corrected chi connectivity index (χ1v) is 7.37. The number of nitrogens with zero attached hydrogens (tertiary/aromatic N) is 4. The number of rotatable bonds is 3. The van der Waals surface area contributed by atoms with E-state index in [9.17, 15) is 17.1 Å². The van der Waals surface area contributed by atoms with Crippen LogP contribution in [-0.4, -0.2) is 41.3 Å². The summed E-state index contributed by atoms with van der Waals surface area (Å²) in [4.78, 5) is 16.6. The van der Waals surface area contributed by atoms with E-state index in [1.54, 1.807) is 18.3 Å². The Balaban J connectivity index is 1.86. The molecule has 21 heavy (non-hydrogen) atoms. The molecule has 1 unspecified atom stereocenters. The first kappa shape index (κ1) is 13.6. The predicted octanol–water partition coefficient (Wildman–Crippen LogP) is 0.536. The molecule has 0 saturated carbocycles. The molecule has 0 N–H and O–H groups in total. The second-order valence-corrected chi connectivity index (χ2v) is 6.06. The quantitative estimate of drug-likeness (QED) is 0.761. The Morgan fingerprint density at radius 1 is 1.38 bits per heavy atom. The SMILES string of the molecule is O=C1CC(S(=O)(=O)F)CN1c1nnc(-c2cccnc2)o1. The summed E-state index contributed by atoms with van der Waals surface area (Å²) in [6.45, 7) is -0.341. The van der Waals surface area contributed by atoms with Crippen LogP contribution < -0.4 is 4.90 Å². The molecule has 1 saturated heterocycles. The smallest absolute Gasteiger partial charge is 0.325 e. The van der Waals surface area contributed by atoms with Gasteiger partial charge in [-0.3, -0.25) is 14.7 Å². The third-order valence-corrected chi connectivity index (χ3v) is 4.15. The number of anilines is 1. The molecule has 10 heteroatoms. The van der Waals surface area contributed by atoms with E-state index >= 15 is 0 Å². The Morgan fingerprint density at radius 2 is 2.19 bits per heavy atom. The summed E-state index contributed by atoms with van der Waals surface area (Å²) in [5, 5.41) is 6.04. The van der Waals surface area contributed by atoms with Crippen molar-refractivity contribution in [2.24, 2.45) is 0 Å². The molecule has 8 nitrogen and oxygen atoms in total. The summed E-state index contributed by atoms with van der Waals surface area (Å²) in [6, 6.07) is 3.20. The second kappa shape index (κ2) is 4.88. The van der Waals surface area contributed by atoms with Gasteiger partial charge in [-0.15, -0.1) is 8.98 Å². The maximum absolute atomic E-state index is 12.9. The average molecular weight is 312 g/mol. The minimum atomic E-state index is -4.78. The van der Waals surface area contributed by atoms with Gasteiger partial charge >= 0.3 is 16.2 Å². The van der Waals surface area contributed by atoms with E-state index in [0.29, 0.717) is 5.56 Å². The lowest BCUT2D eigenvalue weighted by Crippen LogP contribution is -2.27. The summed E-state index contributed by atoms with van der Waals surface area (Å²) in [5.41, 5.74) is 0.553. The van der Waals surface area contributed by atoms with Gasteiger partial charge in [0.15, 0.2) is 0 Å². The van der Waals surface area contributed by atoms with Crippen LogP contribution in [0.1, 0.15) is 6.42 Å². The predicted molar refractivity (Wildman–Crippen MR) is 68.3 cm³/mol. The van der Waals surface area contributed by atoms with Crippen molar-refractivity contribution in [3.8, 4) is 11.5 Å². The van der Waals surface area contributed by atoms with E-state index < -0.39 is 27.8 Å². The molecular weight excluding hydrogens is 303 g/mol. The number of amides is 1. The van der Waals surface area contributed by atoms with Crippen LogP contribution in [0.3, 0.4) is 0 Å². The molecule has 0 radical (unpaired) electrons. The van der Waals surface area contributed by atoms with Crippen LogP contribution in [0, 0.1) is 0 Å². The van der Waals surface area contributed by atoms with Crippen LogP contribution in [0.5, 0.6) is 0 Å². The van der Waals surface area contributed by atoms with E-state index in [1.807, 2.05) is 0 Å². The molecule has 1 aliphatic heterocycles. The highest BCUT2D eigenvalue weighted by Gasteiger charge is 2.41. The van der Waals surface area contributed by atoms with Crippen LogP contribution in [0.15, 0.2) is 28.9 Å². The van der Waals surface area contributed by atoms with Crippen LogP contribution in [0.4, 0.5) is 9.90 Å². The molecule has 0 aromatic carbocycles. The average Bonchev–Trinajstić information content (AvgIpc) is 3.05. The zero-order valence-corrected chi connectivity index (χ0v) is 11.3. The summed E-state index contributed by atoms with van der Waals surface area (Å²) < 4.78 is 40.0. The van der Waals surface area contributed by atoms with Gasteiger partial charge in [-0.25, -0.2) is 0 Å². The number of halogens is 1. The zero-order chi connectivity index (χ0) is 15.0. The number of aromatic nitrogens is 3. The maximum atomic E-state index is 12.9. The van der Waals surface area contributed by atoms with Crippen molar-refractivity contribution in [3.05, 3.63) is 24.5 Å². The molecule has 2 aromatic heterocycles. The third-order valence-electron chi connectivity index (χ3n) is 3.04. The van der Waals surface area contributed by atoms with Gasteiger partial charge in [0, 0.05) is 18.8 Å². The topological polar surface area (TPSA) is 106 Å². The Labute approximate surface area is 118 Å². The van der Waals surface area contributed by atoms with Gasteiger partial charge in [0.1, 0.15) is 5.25 Å². The van der Waals surface area contributed by atoms with Crippen molar-refractivity contribution < 1.29 is 21.5 Å².